The number of hydrogen-bond donors (Lipinski definition) is 2. The SMILES string of the molecule is C=C(C)[C@@H](CC)CC[C@@H](C)[C@H]1CC[C@H]2C3=CC[C@H]4C[C@@H](O)[C@H](O)C[C@]4(C)[C@H]3CC[C@]12C. The van der Waals surface area contributed by atoms with E-state index in [-0.39, 0.29) is 5.41 Å². The Morgan fingerprint density at radius 3 is 2.48 bits per heavy atom. The standard InChI is InChI=1S/C29H48O2/c1-7-20(18(2)3)9-8-19(4)23-12-13-24-22-11-10-21-16-26(30)27(31)17-29(21,6)25(22)14-15-28(23,24)5/h11,19-21,23-27,30-31H,2,7-10,12-17H2,1,3-6H3/t19-,20+,21+,23-,24+,25+,26-,27-,28-,29+/m1/s1. The molecule has 2 N–H and O–H groups in total. The third-order valence-electron chi connectivity index (χ3n) is 11.0. The van der Waals surface area contributed by atoms with Gasteiger partial charge in [-0.15, -0.1) is 0 Å². The van der Waals surface area contributed by atoms with E-state index in [0.29, 0.717) is 23.2 Å². The van der Waals surface area contributed by atoms with Crippen LogP contribution in [0.3, 0.4) is 0 Å². The molecule has 4 rings (SSSR count). The van der Waals surface area contributed by atoms with E-state index in [1.807, 2.05) is 0 Å². The van der Waals surface area contributed by atoms with E-state index in [2.05, 4.69) is 47.3 Å². The van der Waals surface area contributed by atoms with Crippen molar-refractivity contribution in [2.45, 2.75) is 111 Å². The molecule has 0 aromatic carbocycles. The molecule has 176 valence electrons. The van der Waals surface area contributed by atoms with Crippen molar-refractivity contribution in [2.75, 3.05) is 0 Å². The van der Waals surface area contributed by atoms with Gasteiger partial charge in [-0.25, -0.2) is 0 Å². The first kappa shape index (κ1) is 23.6. The van der Waals surface area contributed by atoms with Crippen LogP contribution >= 0.6 is 0 Å². The Labute approximate surface area is 191 Å². The number of aliphatic hydroxyl groups excluding tert-OH is 2. The van der Waals surface area contributed by atoms with Crippen LogP contribution in [0.5, 0.6) is 0 Å². The van der Waals surface area contributed by atoms with E-state index in [9.17, 15) is 10.2 Å². The van der Waals surface area contributed by atoms with Gasteiger partial charge in [-0.1, -0.05) is 51.5 Å². The van der Waals surface area contributed by atoms with Gasteiger partial charge in [0.1, 0.15) is 0 Å². The zero-order chi connectivity index (χ0) is 22.6. The minimum absolute atomic E-state index is 0.170. The van der Waals surface area contributed by atoms with Gasteiger partial charge in [0.2, 0.25) is 0 Å². The molecule has 0 radical (unpaired) electrons. The molecule has 0 saturated heterocycles. The van der Waals surface area contributed by atoms with Gasteiger partial charge in [-0.3, -0.25) is 0 Å². The van der Waals surface area contributed by atoms with Gasteiger partial charge in [0, 0.05) is 0 Å². The van der Waals surface area contributed by atoms with Crippen LogP contribution in [-0.4, -0.2) is 22.4 Å². The maximum atomic E-state index is 10.5. The highest BCUT2D eigenvalue weighted by atomic mass is 16.3. The van der Waals surface area contributed by atoms with Crippen LogP contribution in [0.15, 0.2) is 23.8 Å². The lowest BCUT2D eigenvalue weighted by Crippen LogP contribution is -2.53. The number of aliphatic hydroxyl groups is 2. The lowest BCUT2D eigenvalue weighted by atomic mass is 9.47. The molecule has 31 heavy (non-hydrogen) atoms. The Morgan fingerprint density at radius 1 is 1.10 bits per heavy atom. The van der Waals surface area contributed by atoms with Crippen molar-refractivity contribution in [3.63, 3.8) is 0 Å². The second-order valence-corrected chi connectivity index (χ2v) is 12.6. The van der Waals surface area contributed by atoms with Crippen LogP contribution in [0.1, 0.15) is 98.8 Å². The highest BCUT2D eigenvalue weighted by Crippen LogP contribution is 2.67. The van der Waals surface area contributed by atoms with Gasteiger partial charge in [0.05, 0.1) is 12.2 Å². The molecule has 0 spiro atoms. The normalized spacial score (nSPS) is 46.4. The summed E-state index contributed by atoms with van der Waals surface area (Å²) in [5.74, 6) is 4.21. The van der Waals surface area contributed by atoms with E-state index in [4.69, 9.17) is 0 Å². The van der Waals surface area contributed by atoms with Crippen molar-refractivity contribution in [3.05, 3.63) is 23.8 Å². The van der Waals surface area contributed by atoms with Crippen molar-refractivity contribution < 1.29 is 10.2 Å². The molecule has 0 unspecified atom stereocenters. The molecule has 2 nitrogen and oxygen atoms in total. The summed E-state index contributed by atoms with van der Waals surface area (Å²) in [6, 6.07) is 0. The second-order valence-electron chi connectivity index (χ2n) is 12.6. The summed E-state index contributed by atoms with van der Waals surface area (Å²) in [4.78, 5) is 0. The Bertz CT molecular complexity index is 710. The summed E-state index contributed by atoms with van der Waals surface area (Å²) in [6.45, 7) is 16.3. The van der Waals surface area contributed by atoms with Gasteiger partial charge in [-0.2, -0.15) is 0 Å². The molecule has 10 atom stereocenters. The maximum absolute atomic E-state index is 10.5. The smallest absolute Gasteiger partial charge is 0.0804 e. The first-order valence-corrected chi connectivity index (χ1v) is 13.3. The van der Waals surface area contributed by atoms with Crippen LogP contribution in [0.25, 0.3) is 0 Å². The largest absolute Gasteiger partial charge is 0.390 e. The van der Waals surface area contributed by atoms with Crippen LogP contribution in [-0.2, 0) is 0 Å². The molecule has 3 fully saturated rings. The fourth-order valence-corrected chi connectivity index (χ4v) is 8.97. The Balaban J connectivity index is 1.50. The van der Waals surface area contributed by atoms with Crippen molar-refractivity contribution in [2.24, 2.45) is 46.3 Å². The minimum atomic E-state index is -0.537. The summed E-state index contributed by atoms with van der Waals surface area (Å²) in [7, 11) is 0. The molecule has 4 aliphatic carbocycles. The maximum Gasteiger partial charge on any atom is 0.0804 e. The third-order valence-corrected chi connectivity index (χ3v) is 11.0. The molecule has 4 aliphatic rings. The van der Waals surface area contributed by atoms with Gasteiger partial charge in [-0.05, 0) is 117 Å². The predicted octanol–water partition coefficient (Wildman–Crippen LogP) is 6.92. The van der Waals surface area contributed by atoms with Gasteiger partial charge < -0.3 is 10.2 Å². The molecular formula is C29H48O2. The van der Waals surface area contributed by atoms with Crippen molar-refractivity contribution >= 4 is 0 Å². The number of fused-ring (bicyclic) bond motifs is 5. The molecule has 0 aliphatic heterocycles. The average molecular weight is 429 g/mol. The number of allylic oxidation sites excluding steroid dienone is 3. The summed E-state index contributed by atoms with van der Waals surface area (Å²) in [6.07, 6.45) is 13.4. The quantitative estimate of drug-likeness (QED) is 0.451. The highest BCUT2D eigenvalue weighted by molar-refractivity contribution is 5.28. The predicted molar refractivity (Wildman–Crippen MR) is 130 cm³/mol. The van der Waals surface area contributed by atoms with Crippen molar-refractivity contribution in [1.29, 1.82) is 0 Å². The molecule has 0 aromatic heterocycles. The fourth-order valence-electron chi connectivity index (χ4n) is 8.97. The summed E-state index contributed by atoms with van der Waals surface area (Å²) >= 11 is 0. The van der Waals surface area contributed by atoms with E-state index in [1.54, 1.807) is 5.57 Å². The minimum Gasteiger partial charge on any atom is -0.390 e. The summed E-state index contributed by atoms with van der Waals surface area (Å²) < 4.78 is 0. The van der Waals surface area contributed by atoms with Crippen LogP contribution in [0, 0.1) is 46.3 Å². The van der Waals surface area contributed by atoms with Crippen molar-refractivity contribution in [1.82, 2.24) is 0 Å². The third kappa shape index (κ3) is 3.88. The monoisotopic (exact) mass is 428 g/mol. The topological polar surface area (TPSA) is 40.5 Å². The molecule has 0 aromatic rings. The van der Waals surface area contributed by atoms with E-state index >= 15 is 0 Å². The number of rotatable bonds is 6. The summed E-state index contributed by atoms with van der Waals surface area (Å²) in [5.41, 5.74) is 3.73. The van der Waals surface area contributed by atoms with Crippen molar-refractivity contribution in [3.8, 4) is 0 Å². The zero-order valence-corrected chi connectivity index (χ0v) is 20.9. The van der Waals surface area contributed by atoms with Crippen LogP contribution < -0.4 is 0 Å². The molecule has 0 heterocycles. The first-order valence-electron chi connectivity index (χ1n) is 13.3. The van der Waals surface area contributed by atoms with E-state index < -0.39 is 12.2 Å². The average Bonchev–Trinajstić information content (AvgIpc) is 3.06. The Kier molecular flexibility index (Phi) is 6.56. The van der Waals surface area contributed by atoms with Gasteiger partial charge in [0.15, 0.2) is 0 Å². The van der Waals surface area contributed by atoms with E-state index in [0.717, 1.165) is 37.0 Å². The highest BCUT2D eigenvalue weighted by Gasteiger charge is 2.59. The molecule has 0 bridgehead atoms. The first-order chi connectivity index (χ1) is 14.6. The van der Waals surface area contributed by atoms with Crippen LogP contribution in [0.4, 0.5) is 0 Å². The molecule has 2 heteroatoms. The molecule has 0 amide bonds. The van der Waals surface area contributed by atoms with Crippen LogP contribution in [0.2, 0.25) is 0 Å². The van der Waals surface area contributed by atoms with E-state index in [1.165, 1.54) is 50.5 Å². The van der Waals surface area contributed by atoms with Gasteiger partial charge in [0.25, 0.3) is 0 Å². The number of hydrogen-bond acceptors (Lipinski definition) is 2. The summed E-state index contributed by atoms with van der Waals surface area (Å²) in [5, 5.41) is 20.8. The second kappa shape index (κ2) is 8.64. The molecule has 3 saturated carbocycles. The zero-order valence-electron chi connectivity index (χ0n) is 20.9. The Hall–Kier alpha value is -0.600. The Morgan fingerprint density at radius 2 is 1.81 bits per heavy atom. The lowest BCUT2D eigenvalue weighted by molar-refractivity contribution is -0.107. The fraction of sp³-hybridized carbons (Fsp3) is 0.862. The van der Waals surface area contributed by atoms with Gasteiger partial charge >= 0.3 is 0 Å². The lowest BCUT2D eigenvalue weighted by Gasteiger charge is -2.58. The molecular weight excluding hydrogens is 380 g/mol.